The quantitative estimate of drug-likeness (QED) is 0.733. The minimum Gasteiger partial charge on any atom is -0.383 e. The van der Waals surface area contributed by atoms with Crippen molar-refractivity contribution in [1.29, 1.82) is 0 Å². The van der Waals surface area contributed by atoms with Gasteiger partial charge in [-0.1, -0.05) is 22.0 Å². The lowest BCUT2D eigenvalue weighted by molar-refractivity contribution is 0.510. The molecule has 0 fully saturated rings. The van der Waals surface area contributed by atoms with Crippen molar-refractivity contribution in [2.24, 2.45) is 0 Å². The number of nitrogens with two attached hydrogens (primary N) is 1. The Bertz CT molecular complexity index is 821. The Morgan fingerprint density at radius 2 is 1.85 bits per heavy atom. The Labute approximate surface area is 121 Å². The maximum Gasteiger partial charge on any atom is 0.169 e. The Morgan fingerprint density at radius 1 is 1.05 bits per heavy atom. The molecule has 0 amide bonds. The third kappa shape index (κ3) is 2.12. The lowest BCUT2D eigenvalue weighted by Gasteiger charge is -2.07. The first kappa shape index (κ1) is 12.9. The Kier molecular flexibility index (Phi) is 3.10. The highest BCUT2D eigenvalue weighted by molar-refractivity contribution is 9.10. The average molecular weight is 336 g/mol. The number of anilines is 1. The van der Waals surface area contributed by atoms with E-state index in [0.29, 0.717) is 10.9 Å². The second-order valence-corrected chi connectivity index (χ2v) is 5.11. The van der Waals surface area contributed by atoms with Crippen molar-refractivity contribution in [3.63, 3.8) is 0 Å². The molecule has 0 bridgehead atoms. The molecule has 0 unspecified atom stereocenters. The van der Waals surface area contributed by atoms with Crippen molar-refractivity contribution in [2.45, 2.75) is 0 Å². The molecule has 3 rings (SSSR count). The van der Waals surface area contributed by atoms with Gasteiger partial charge in [0.05, 0.1) is 11.1 Å². The van der Waals surface area contributed by atoms with E-state index in [9.17, 15) is 8.78 Å². The largest absolute Gasteiger partial charge is 0.383 e. The van der Waals surface area contributed by atoms with Crippen LogP contribution in [-0.2, 0) is 0 Å². The van der Waals surface area contributed by atoms with Crippen LogP contribution in [0.15, 0.2) is 40.9 Å². The normalized spacial score (nSPS) is 10.9. The third-order valence-electron chi connectivity index (χ3n) is 2.88. The number of nitrogen functional groups attached to an aromatic ring is 1. The number of halogens is 3. The number of hydrogen-bond acceptors (Lipinski definition) is 3. The molecule has 1 aromatic heterocycles. The van der Waals surface area contributed by atoms with Crippen LogP contribution in [0.2, 0.25) is 0 Å². The zero-order valence-corrected chi connectivity index (χ0v) is 11.7. The van der Waals surface area contributed by atoms with Crippen LogP contribution in [0.5, 0.6) is 0 Å². The number of fused-ring (bicyclic) bond motifs is 1. The number of aromatic nitrogens is 2. The first-order valence-electron chi connectivity index (χ1n) is 5.73. The number of rotatable bonds is 1. The smallest absolute Gasteiger partial charge is 0.169 e. The monoisotopic (exact) mass is 335 g/mol. The van der Waals surface area contributed by atoms with E-state index < -0.39 is 11.6 Å². The molecule has 2 N–H and O–H groups in total. The highest BCUT2D eigenvalue weighted by atomic mass is 79.9. The summed E-state index contributed by atoms with van der Waals surface area (Å²) >= 11 is 3.33. The summed E-state index contributed by atoms with van der Waals surface area (Å²) in [5, 5.41) is 0.653. The molecule has 0 radical (unpaired) electrons. The molecule has 3 aromatic rings. The standard InChI is InChI=1S/C14H8BrF2N3/c15-7-4-5-11-9(6-7)13(18)20-14(19-11)8-2-1-3-10(16)12(8)17/h1-6H,(H2,18,19,20). The topological polar surface area (TPSA) is 51.8 Å². The SMILES string of the molecule is Nc1nc(-c2cccc(F)c2F)nc2ccc(Br)cc12. The van der Waals surface area contributed by atoms with Gasteiger partial charge in [-0.3, -0.25) is 0 Å². The van der Waals surface area contributed by atoms with Gasteiger partial charge in [0.15, 0.2) is 17.5 Å². The van der Waals surface area contributed by atoms with E-state index in [2.05, 4.69) is 25.9 Å². The minimum atomic E-state index is -0.983. The van der Waals surface area contributed by atoms with E-state index in [1.807, 2.05) is 0 Å². The van der Waals surface area contributed by atoms with Crippen LogP contribution in [0.3, 0.4) is 0 Å². The van der Waals surface area contributed by atoms with Crippen molar-refractivity contribution >= 4 is 32.7 Å². The van der Waals surface area contributed by atoms with Gasteiger partial charge in [-0.05, 0) is 30.3 Å². The lowest BCUT2D eigenvalue weighted by atomic mass is 10.1. The minimum absolute atomic E-state index is 0.0125. The number of benzene rings is 2. The lowest BCUT2D eigenvalue weighted by Crippen LogP contribution is -2.00. The summed E-state index contributed by atoms with van der Waals surface area (Å²) in [6.07, 6.45) is 0. The van der Waals surface area contributed by atoms with E-state index in [0.717, 1.165) is 10.5 Å². The summed E-state index contributed by atoms with van der Waals surface area (Å²) in [6, 6.07) is 9.16. The molecule has 1 heterocycles. The summed E-state index contributed by atoms with van der Waals surface area (Å²) in [5.41, 5.74) is 6.42. The van der Waals surface area contributed by atoms with Crippen LogP contribution >= 0.6 is 15.9 Å². The van der Waals surface area contributed by atoms with Crippen molar-refractivity contribution < 1.29 is 8.78 Å². The van der Waals surface area contributed by atoms with Crippen LogP contribution in [-0.4, -0.2) is 9.97 Å². The van der Waals surface area contributed by atoms with Gasteiger partial charge >= 0.3 is 0 Å². The van der Waals surface area contributed by atoms with Gasteiger partial charge < -0.3 is 5.73 Å². The van der Waals surface area contributed by atoms with E-state index in [1.54, 1.807) is 18.2 Å². The van der Waals surface area contributed by atoms with Gasteiger partial charge in [0.2, 0.25) is 0 Å². The first-order chi connectivity index (χ1) is 9.56. The van der Waals surface area contributed by atoms with Crippen LogP contribution in [0.25, 0.3) is 22.3 Å². The maximum absolute atomic E-state index is 13.8. The average Bonchev–Trinajstić information content (AvgIpc) is 2.42. The molecule has 0 saturated heterocycles. The van der Waals surface area contributed by atoms with Crippen molar-refractivity contribution in [3.05, 3.63) is 52.5 Å². The fourth-order valence-electron chi connectivity index (χ4n) is 1.92. The highest BCUT2D eigenvalue weighted by Gasteiger charge is 2.14. The molecule has 0 atom stereocenters. The van der Waals surface area contributed by atoms with Crippen LogP contribution in [0.1, 0.15) is 0 Å². The Hall–Kier alpha value is -2.08. The summed E-state index contributed by atoms with van der Waals surface area (Å²) in [7, 11) is 0. The molecule has 20 heavy (non-hydrogen) atoms. The van der Waals surface area contributed by atoms with E-state index in [1.165, 1.54) is 12.1 Å². The summed E-state index contributed by atoms with van der Waals surface area (Å²) in [4.78, 5) is 8.28. The van der Waals surface area contributed by atoms with Gasteiger partial charge in [0.25, 0.3) is 0 Å². The second kappa shape index (κ2) is 4.79. The molecule has 2 aromatic carbocycles. The number of nitrogens with zero attached hydrogens (tertiary/aromatic N) is 2. The van der Waals surface area contributed by atoms with Crippen molar-refractivity contribution in [1.82, 2.24) is 9.97 Å². The highest BCUT2D eigenvalue weighted by Crippen LogP contribution is 2.27. The summed E-state index contributed by atoms with van der Waals surface area (Å²) < 4.78 is 27.9. The van der Waals surface area contributed by atoms with E-state index in [-0.39, 0.29) is 17.2 Å². The molecule has 100 valence electrons. The number of hydrogen-bond donors (Lipinski definition) is 1. The zero-order valence-electron chi connectivity index (χ0n) is 10.1. The third-order valence-corrected chi connectivity index (χ3v) is 3.37. The van der Waals surface area contributed by atoms with E-state index >= 15 is 0 Å². The van der Waals surface area contributed by atoms with Crippen molar-refractivity contribution in [2.75, 3.05) is 5.73 Å². The summed E-state index contributed by atoms with van der Waals surface area (Å²) in [5.74, 6) is -1.65. The molecule has 3 nitrogen and oxygen atoms in total. The molecule has 0 spiro atoms. The first-order valence-corrected chi connectivity index (χ1v) is 6.53. The zero-order chi connectivity index (χ0) is 14.3. The van der Waals surface area contributed by atoms with Crippen LogP contribution in [0, 0.1) is 11.6 Å². The molecule has 0 aliphatic rings. The van der Waals surface area contributed by atoms with Crippen molar-refractivity contribution in [3.8, 4) is 11.4 Å². The molecule has 6 heteroatoms. The molecular weight excluding hydrogens is 328 g/mol. The Balaban J connectivity index is 2.28. The molecule has 0 aliphatic heterocycles. The van der Waals surface area contributed by atoms with Gasteiger partial charge in [-0.15, -0.1) is 0 Å². The predicted molar refractivity (Wildman–Crippen MR) is 77.0 cm³/mol. The van der Waals surface area contributed by atoms with Gasteiger partial charge in [-0.2, -0.15) is 0 Å². The predicted octanol–water partition coefficient (Wildman–Crippen LogP) is 3.92. The fourth-order valence-corrected chi connectivity index (χ4v) is 2.28. The van der Waals surface area contributed by atoms with E-state index in [4.69, 9.17) is 5.73 Å². The summed E-state index contributed by atoms with van der Waals surface area (Å²) in [6.45, 7) is 0. The molecular formula is C14H8BrF2N3. The second-order valence-electron chi connectivity index (χ2n) is 4.20. The van der Waals surface area contributed by atoms with Crippen LogP contribution < -0.4 is 5.73 Å². The van der Waals surface area contributed by atoms with Gasteiger partial charge in [-0.25, -0.2) is 18.7 Å². The van der Waals surface area contributed by atoms with Crippen LogP contribution in [0.4, 0.5) is 14.6 Å². The van der Waals surface area contributed by atoms with Gasteiger partial charge in [0, 0.05) is 9.86 Å². The Morgan fingerprint density at radius 3 is 2.65 bits per heavy atom. The fraction of sp³-hybridized carbons (Fsp3) is 0. The molecule has 0 saturated carbocycles. The maximum atomic E-state index is 13.8. The molecule has 0 aliphatic carbocycles. The van der Waals surface area contributed by atoms with Gasteiger partial charge in [0.1, 0.15) is 5.82 Å².